The number of carbonyl (C=O) groups excluding carboxylic acids is 1. The zero-order chi connectivity index (χ0) is 25.8. The van der Waals surface area contributed by atoms with Gasteiger partial charge in [0.15, 0.2) is 0 Å². The van der Waals surface area contributed by atoms with E-state index in [2.05, 4.69) is 11.0 Å². The molecule has 36 heavy (non-hydrogen) atoms. The van der Waals surface area contributed by atoms with Gasteiger partial charge in [0.05, 0.1) is 32.0 Å². The van der Waals surface area contributed by atoms with Crippen LogP contribution in [-0.2, 0) is 16.1 Å². The van der Waals surface area contributed by atoms with E-state index in [1.165, 1.54) is 0 Å². The first kappa shape index (κ1) is 25.5. The predicted molar refractivity (Wildman–Crippen MR) is 139 cm³/mol. The molecule has 1 aliphatic rings. The van der Waals surface area contributed by atoms with E-state index >= 15 is 0 Å². The number of amides is 1. The molecule has 3 aromatic carbocycles. The molecule has 0 saturated carbocycles. The summed E-state index contributed by atoms with van der Waals surface area (Å²) in [7, 11) is 4.99. The van der Waals surface area contributed by atoms with E-state index in [0.29, 0.717) is 36.7 Å². The summed E-state index contributed by atoms with van der Waals surface area (Å²) < 4.78 is 17.1. The highest BCUT2D eigenvalue weighted by molar-refractivity contribution is 5.91. The summed E-state index contributed by atoms with van der Waals surface area (Å²) in [4.78, 5) is 18.1. The molecule has 7 nitrogen and oxygen atoms in total. The van der Waals surface area contributed by atoms with Crippen molar-refractivity contribution < 1.29 is 19.0 Å². The van der Waals surface area contributed by atoms with E-state index in [1.54, 1.807) is 26.2 Å². The molecule has 1 amide bonds. The Kier molecular flexibility index (Phi) is 7.78. The van der Waals surface area contributed by atoms with Gasteiger partial charge in [-0.05, 0) is 48.4 Å². The summed E-state index contributed by atoms with van der Waals surface area (Å²) in [6, 6.07) is 19.1. The van der Waals surface area contributed by atoms with E-state index in [-0.39, 0.29) is 18.1 Å². The van der Waals surface area contributed by atoms with Crippen LogP contribution >= 0.6 is 0 Å². The largest absolute Gasteiger partial charge is 0.497 e. The lowest BCUT2D eigenvalue weighted by Gasteiger charge is -2.41. The van der Waals surface area contributed by atoms with Crippen LogP contribution in [0.5, 0.6) is 11.5 Å². The van der Waals surface area contributed by atoms with Crippen LogP contribution in [0.15, 0.2) is 54.6 Å². The third-order valence-corrected chi connectivity index (χ3v) is 6.66. The van der Waals surface area contributed by atoms with Gasteiger partial charge in [0.2, 0.25) is 5.91 Å². The van der Waals surface area contributed by atoms with Crippen molar-refractivity contribution in [3.63, 3.8) is 0 Å². The molecular weight excluding hydrogens is 454 g/mol. The van der Waals surface area contributed by atoms with Crippen molar-refractivity contribution in [1.29, 1.82) is 5.26 Å². The van der Waals surface area contributed by atoms with Crippen LogP contribution < -0.4 is 9.47 Å². The lowest BCUT2D eigenvalue weighted by atomic mass is 9.98. The lowest BCUT2D eigenvalue weighted by Crippen LogP contribution is -2.51. The van der Waals surface area contributed by atoms with Gasteiger partial charge < -0.3 is 19.1 Å². The van der Waals surface area contributed by atoms with E-state index < -0.39 is 6.04 Å². The van der Waals surface area contributed by atoms with Gasteiger partial charge in [0, 0.05) is 32.2 Å². The maximum atomic E-state index is 14.1. The molecule has 0 radical (unpaired) electrons. The van der Waals surface area contributed by atoms with E-state index in [0.717, 1.165) is 21.9 Å². The molecule has 1 heterocycles. The number of rotatable bonds is 7. The quantitative estimate of drug-likeness (QED) is 0.487. The first-order chi connectivity index (χ1) is 17.4. The second-order valence-corrected chi connectivity index (χ2v) is 9.35. The average Bonchev–Trinajstić information content (AvgIpc) is 2.88. The maximum Gasteiger partial charge on any atom is 0.244 e. The Morgan fingerprint density at radius 2 is 1.83 bits per heavy atom. The summed E-state index contributed by atoms with van der Waals surface area (Å²) in [5, 5.41) is 11.6. The van der Waals surface area contributed by atoms with Crippen molar-refractivity contribution in [3.05, 3.63) is 71.3 Å². The Bertz CT molecular complexity index is 1280. The Morgan fingerprint density at radius 3 is 2.50 bits per heavy atom. The summed E-state index contributed by atoms with van der Waals surface area (Å²) in [5.74, 6) is 1.16. The zero-order valence-corrected chi connectivity index (χ0v) is 21.5. The minimum atomic E-state index is -0.504. The molecule has 3 atom stereocenters. The highest BCUT2D eigenvalue weighted by Gasteiger charge is 2.35. The van der Waals surface area contributed by atoms with Crippen LogP contribution in [0.4, 0.5) is 0 Å². The molecule has 3 aromatic rings. The monoisotopic (exact) mass is 487 g/mol. The molecule has 0 aromatic heterocycles. The minimum absolute atomic E-state index is 0.0105. The van der Waals surface area contributed by atoms with Crippen molar-refractivity contribution >= 4 is 16.7 Å². The van der Waals surface area contributed by atoms with E-state index in [4.69, 9.17) is 14.2 Å². The molecule has 1 fully saturated rings. The van der Waals surface area contributed by atoms with Gasteiger partial charge in [-0.15, -0.1) is 0 Å². The Balaban J connectivity index is 1.74. The molecule has 0 aliphatic carbocycles. The molecular formula is C29H33N3O4. The van der Waals surface area contributed by atoms with Crippen LogP contribution in [0, 0.1) is 11.3 Å². The predicted octanol–water partition coefficient (Wildman–Crippen LogP) is 4.54. The molecule has 1 saturated heterocycles. The molecule has 1 aliphatic heterocycles. The number of likely N-dealkylation sites (N-methyl/N-ethyl adjacent to an activating group) is 1. The second kappa shape index (κ2) is 11.0. The molecule has 7 heteroatoms. The van der Waals surface area contributed by atoms with Crippen molar-refractivity contribution in [2.45, 2.75) is 38.6 Å². The van der Waals surface area contributed by atoms with Gasteiger partial charge in [-0.25, -0.2) is 0 Å². The van der Waals surface area contributed by atoms with Gasteiger partial charge in [-0.3, -0.25) is 9.69 Å². The van der Waals surface area contributed by atoms with Gasteiger partial charge in [0.25, 0.3) is 0 Å². The summed E-state index contributed by atoms with van der Waals surface area (Å²) in [6.45, 7) is 5.64. The van der Waals surface area contributed by atoms with Crippen molar-refractivity contribution in [2.24, 2.45) is 0 Å². The molecule has 0 N–H and O–H groups in total. The highest BCUT2D eigenvalue weighted by Crippen LogP contribution is 2.34. The van der Waals surface area contributed by atoms with Crippen molar-refractivity contribution in [3.8, 4) is 17.6 Å². The maximum absolute atomic E-state index is 14.1. The van der Waals surface area contributed by atoms with Crippen LogP contribution in [0.2, 0.25) is 0 Å². The van der Waals surface area contributed by atoms with Gasteiger partial charge in [-0.2, -0.15) is 5.26 Å². The third-order valence-electron chi connectivity index (χ3n) is 6.66. The van der Waals surface area contributed by atoms with Crippen LogP contribution in [0.25, 0.3) is 10.8 Å². The second-order valence-electron chi connectivity index (χ2n) is 9.35. The van der Waals surface area contributed by atoms with Crippen LogP contribution in [0.3, 0.4) is 0 Å². The number of methoxy groups -OCH3 is 2. The van der Waals surface area contributed by atoms with Crippen LogP contribution in [-0.4, -0.2) is 62.3 Å². The number of nitrogens with zero attached hydrogens (tertiary/aromatic N) is 3. The standard InChI is InChI=1S/C29H33N3O4/c1-19-16-32(17-20(2)36-19)27(22-10-8-11-24(14-22)34-4)29(33)31(3)18-26-25-12-7-6-9-21(25)13-23(15-30)28(26)35-5/h6-14,19-20,27H,16-18H2,1-5H3. The molecule has 4 rings (SSSR count). The molecule has 3 unspecified atom stereocenters. The van der Waals surface area contributed by atoms with Gasteiger partial charge in [0.1, 0.15) is 23.6 Å². The number of nitriles is 1. The van der Waals surface area contributed by atoms with Crippen molar-refractivity contribution in [1.82, 2.24) is 9.80 Å². The SMILES string of the molecule is COc1cccc(C(C(=O)N(C)Cc2c(OC)c(C#N)cc3ccccc23)N2CC(C)OC(C)C2)c1. The van der Waals surface area contributed by atoms with Gasteiger partial charge >= 0.3 is 0 Å². The van der Waals surface area contributed by atoms with Crippen molar-refractivity contribution in [2.75, 3.05) is 34.4 Å². The molecule has 0 spiro atoms. The Hall–Kier alpha value is -3.60. The first-order valence-electron chi connectivity index (χ1n) is 12.1. The fraction of sp³-hybridized carbons (Fsp3) is 0.379. The first-order valence-corrected chi connectivity index (χ1v) is 12.1. The van der Waals surface area contributed by atoms with E-state index in [1.807, 2.05) is 68.4 Å². The molecule has 0 bridgehead atoms. The number of fused-ring (bicyclic) bond motifs is 1. The topological polar surface area (TPSA) is 75.0 Å². The number of hydrogen-bond acceptors (Lipinski definition) is 6. The number of morpholine rings is 1. The number of hydrogen-bond donors (Lipinski definition) is 0. The average molecular weight is 488 g/mol. The number of carbonyl (C=O) groups is 1. The Morgan fingerprint density at radius 1 is 1.11 bits per heavy atom. The summed E-state index contributed by atoms with van der Waals surface area (Å²) >= 11 is 0. The fourth-order valence-electron chi connectivity index (χ4n) is 5.15. The highest BCUT2D eigenvalue weighted by atomic mass is 16.5. The lowest BCUT2D eigenvalue weighted by molar-refractivity contribution is -0.142. The summed E-state index contributed by atoms with van der Waals surface area (Å²) in [6.07, 6.45) is 0.0209. The van der Waals surface area contributed by atoms with E-state index in [9.17, 15) is 10.1 Å². The fourth-order valence-corrected chi connectivity index (χ4v) is 5.15. The van der Waals surface area contributed by atoms with Crippen LogP contribution in [0.1, 0.15) is 36.6 Å². The Labute approximate surface area is 212 Å². The summed E-state index contributed by atoms with van der Waals surface area (Å²) in [5.41, 5.74) is 2.14. The number of ether oxygens (including phenoxy) is 3. The third kappa shape index (κ3) is 5.15. The number of benzene rings is 3. The smallest absolute Gasteiger partial charge is 0.244 e. The molecule has 188 valence electrons. The zero-order valence-electron chi connectivity index (χ0n) is 21.5. The van der Waals surface area contributed by atoms with Gasteiger partial charge in [-0.1, -0.05) is 36.4 Å². The normalized spacial score (nSPS) is 18.9. The minimum Gasteiger partial charge on any atom is -0.497 e.